The smallest absolute Gasteiger partial charge is 0.133 e. The number of nitrogens with zero attached hydrogens (tertiary/aromatic N) is 3. The average Bonchev–Trinajstić information content (AvgIpc) is 2.46. The normalized spacial score (nSPS) is 21.5. The molecule has 1 aromatic heterocycles. The van der Waals surface area contributed by atoms with E-state index in [1.807, 2.05) is 0 Å². The summed E-state index contributed by atoms with van der Waals surface area (Å²) in [6.45, 7) is 7.54. The van der Waals surface area contributed by atoms with Crippen LogP contribution in [0.15, 0.2) is 0 Å². The molecule has 1 aliphatic rings. The van der Waals surface area contributed by atoms with Crippen molar-refractivity contribution in [2.45, 2.75) is 52.6 Å². The molecule has 84 valence electrons. The summed E-state index contributed by atoms with van der Waals surface area (Å²) in [6.07, 6.45) is 2.97. The van der Waals surface area contributed by atoms with Gasteiger partial charge in [0.1, 0.15) is 11.6 Å². The first kappa shape index (κ1) is 10.6. The number of hydrogen-bond donors (Lipinski definition) is 1. The first-order chi connectivity index (χ1) is 6.96. The van der Waals surface area contributed by atoms with Crippen molar-refractivity contribution in [2.24, 2.45) is 11.1 Å². The largest absolute Gasteiger partial charge is 0.326 e. The lowest BCUT2D eigenvalue weighted by molar-refractivity contribution is 0.375. The Hall–Kier alpha value is -0.900. The van der Waals surface area contributed by atoms with E-state index in [-0.39, 0.29) is 11.5 Å². The zero-order valence-electron chi connectivity index (χ0n) is 9.82. The van der Waals surface area contributed by atoms with Crippen LogP contribution in [0.2, 0.25) is 0 Å². The molecule has 0 aromatic carbocycles. The van der Waals surface area contributed by atoms with Crippen molar-refractivity contribution >= 4 is 0 Å². The number of aryl methyl sites for hydroxylation is 1. The molecule has 1 aromatic rings. The van der Waals surface area contributed by atoms with Crippen LogP contribution >= 0.6 is 0 Å². The molecule has 0 saturated heterocycles. The topological polar surface area (TPSA) is 56.7 Å². The van der Waals surface area contributed by atoms with E-state index < -0.39 is 0 Å². The fourth-order valence-corrected chi connectivity index (χ4v) is 2.01. The summed E-state index contributed by atoms with van der Waals surface area (Å²) in [5, 5.41) is 8.51. The number of aromatic nitrogens is 3. The summed E-state index contributed by atoms with van der Waals surface area (Å²) in [6, 6.07) is 0.271. The van der Waals surface area contributed by atoms with Gasteiger partial charge in [-0.05, 0) is 11.8 Å². The van der Waals surface area contributed by atoms with Gasteiger partial charge in [-0.2, -0.15) is 0 Å². The molecule has 0 bridgehead atoms. The number of hydrogen-bond acceptors (Lipinski definition) is 3. The van der Waals surface area contributed by atoms with Crippen LogP contribution in [-0.4, -0.2) is 20.8 Å². The standard InChI is InChI=1S/C11H20N4/c1-11(2,3)6-10-14-13-9-5-4-8(12)7-15(9)10/h8H,4-7,12H2,1-3H3. The molecule has 0 radical (unpaired) electrons. The predicted molar refractivity (Wildman–Crippen MR) is 59.5 cm³/mol. The van der Waals surface area contributed by atoms with Crippen LogP contribution in [-0.2, 0) is 19.4 Å². The van der Waals surface area contributed by atoms with Crippen molar-refractivity contribution in [3.05, 3.63) is 11.6 Å². The summed E-state index contributed by atoms with van der Waals surface area (Å²) in [7, 11) is 0. The minimum absolute atomic E-state index is 0.255. The molecule has 1 unspecified atom stereocenters. The highest BCUT2D eigenvalue weighted by Crippen LogP contribution is 2.22. The summed E-state index contributed by atoms with van der Waals surface area (Å²) >= 11 is 0. The van der Waals surface area contributed by atoms with Gasteiger partial charge in [0.15, 0.2) is 0 Å². The third-order valence-corrected chi connectivity index (χ3v) is 2.75. The Balaban J connectivity index is 2.23. The maximum atomic E-state index is 5.97. The SMILES string of the molecule is CC(C)(C)Cc1nnc2n1CC(N)CC2. The molecular weight excluding hydrogens is 188 g/mol. The van der Waals surface area contributed by atoms with E-state index in [9.17, 15) is 0 Å². The van der Waals surface area contributed by atoms with Crippen LogP contribution in [0.25, 0.3) is 0 Å². The van der Waals surface area contributed by atoms with Gasteiger partial charge in [-0.1, -0.05) is 20.8 Å². The Kier molecular flexibility index (Phi) is 2.54. The van der Waals surface area contributed by atoms with Crippen molar-refractivity contribution in [1.82, 2.24) is 14.8 Å². The molecule has 0 amide bonds. The molecule has 15 heavy (non-hydrogen) atoms. The van der Waals surface area contributed by atoms with E-state index in [4.69, 9.17) is 5.73 Å². The molecule has 0 spiro atoms. The van der Waals surface area contributed by atoms with E-state index in [0.717, 1.165) is 37.5 Å². The summed E-state index contributed by atoms with van der Waals surface area (Å²) in [5.74, 6) is 2.20. The Labute approximate surface area is 90.9 Å². The van der Waals surface area contributed by atoms with Crippen LogP contribution in [0.5, 0.6) is 0 Å². The van der Waals surface area contributed by atoms with Gasteiger partial charge in [-0.3, -0.25) is 0 Å². The Bertz CT molecular complexity index is 348. The lowest BCUT2D eigenvalue weighted by Gasteiger charge is -2.23. The van der Waals surface area contributed by atoms with Crippen LogP contribution < -0.4 is 5.73 Å². The van der Waals surface area contributed by atoms with E-state index in [2.05, 4.69) is 35.5 Å². The molecule has 0 fully saturated rings. The maximum absolute atomic E-state index is 5.97. The van der Waals surface area contributed by atoms with E-state index >= 15 is 0 Å². The van der Waals surface area contributed by atoms with E-state index in [1.54, 1.807) is 0 Å². The first-order valence-electron chi connectivity index (χ1n) is 5.62. The van der Waals surface area contributed by atoms with Gasteiger partial charge in [-0.25, -0.2) is 0 Å². The molecule has 2 rings (SSSR count). The van der Waals surface area contributed by atoms with Crippen molar-refractivity contribution < 1.29 is 0 Å². The second kappa shape index (κ2) is 3.59. The van der Waals surface area contributed by atoms with Gasteiger partial charge in [0.05, 0.1) is 0 Å². The summed E-state index contributed by atoms with van der Waals surface area (Å²) in [4.78, 5) is 0. The van der Waals surface area contributed by atoms with Crippen LogP contribution in [0, 0.1) is 5.41 Å². The van der Waals surface area contributed by atoms with Gasteiger partial charge < -0.3 is 10.3 Å². The minimum atomic E-state index is 0.255. The van der Waals surface area contributed by atoms with Crippen molar-refractivity contribution in [3.8, 4) is 0 Å². The predicted octanol–water partition coefficient (Wildman–Crippen LogP) is 1.14. The monoisotopic (exact) mass is 208 g/mol. The van der Waals surface area contributed by atoms with Gasteiger partial charge in [0.25, 0.3) is 0 Å². The van der Waals surface area contributed by atoms with Gasteiger partial charge in [0, 0.05) is 25.4 Å². The lowest BCUT2D eigenvalue weighted by Crippen LogP contribution is -2.33. The zero-order valence-corrected chi connectivity index (χ0v) is 9.82. The highest BCUT2D eigenvalue weighted by Gasteiger charge is 2.23. The zero-order chi connectivity index (χ0) is 11.1. The Morgan fingerprint density at radius 3 is 2.80 bits per heavy atom. The van der Waals surface area contributed by atoms with Gasteiger partial charge in [0.2, 0.25) is 0 Å². The molecule has 4 heteroatoms. The molecule has 2 heterocycles. The van der Waals surface area contributed by atoms with E-state index in [0.29, 0.717) is 0 Å². The molecule has 1 aliphatic heterocycles. The second-order valence-electron chi connectivity index (χ2n) is 5.68. The second-order valence-corrected chi connectivity index (χ2v) is 5.68. The fraction of sp³-hybridized carbons (Fsp3) is 0.818. The van der Waals surface area contributed by atoms with Crippen LogP contribution in [0.4, 0.5) is 0 Å². The number of nitrogens with two attached hydrogens (primary N) is 1. The van der Waals surface area contributed by atoms with Crippen molar-refractivity contribution in [1.29, 1.82) is 0 Å². The quantitative estimate of drug-likeness (QED) is 0.753. The number of rotatable bonds is 1. The molecule has 2 N–H and O–H groups in total. The molecule has 0 saturated carbocycles. The average molecular weight is 208 g/mol. The van der Waals surface area contributed by atoms with Crippen molar-refractivity contribution in [2.75, 3.05) is 0 Å². The Morgan fingerprint density at radius 2 is 2.13 bits per heavy atom. The lowest BCUT2D eigenvalue weighted by atomic mass is 9.92. The molecular formula is C11H20N4. The minimum Gasteiger partial charge on any atom is -0.326 e. The van der Waals surface area contributed by atoms with Gasteiger partial charge >= 0.3 is 0 Å². The maximum Gasteiger partial charge on any atom is 0.133 e. The summed E-state index contributed by atoms with van der Waals surface area (Å²) in [5.41, 5.74) is 6.22. The molecule has 0 aliphatic carbocycles. The van der Waals surface area contributed by atoms with E-state index in [1.165, 1.54) is 0 Å². The molecule has 4 nitrogen and oxygen atoms in total. The summed E-state index contributed by atoms with van der Waals surface area (Å²) < 4.78 is 2.21. The highest BCUT2D eigenvalue weighted by molar-refractivity contribution is 5.02. The fourth-order valence-electron chi connectivity index (χ4n) is 2.01. The van der Waals surface area contributed by atoms with Gasteiger partial charge in [-0.15, -0.1) is 10.2 Å². The van der Waals surface area contributed by atoms with Crippen molar-refractivity contribution in [3.63, 3.8) is 0 Å². The number of fused-ring (bicyclic) bond motifs is 1. The highest BCUT2D eigenvalue weighted by atomic mass is 15.3. The molecule has 1 atom stereocenters. The van der Waals surface area contributed by atoms with Crippen LogP contribution in [0.3, 0.4) is 0 Å². The Morgan fingerprint density at radius 1 is 1.40 bits per heavy atom. The third-order valence-electron chi connectivity index (χ3n) is 2.75. The van der Waals surface area contributed by atoms with Crippen LogP contribution in [0.1, 0.15) is 38.8 Å². The first-order valence-corrected chi connectivity index (χ1v) is 5.62. The third kappa shape index (κ3) is 2.37.